The van der Waals surface area contributed by atoms with Crippen LogP contribution >= 0.6 is 15.9 Å². The monoisotopic (exact) mass is 363 g/mol. The molecular weight excluding hydrogens is 354 g/mol. The van der Waals surface area contributed by atoms with Gasteiger partial charge in [-0.15, -0.1) is 0 Å². The number of halogens is 1. The molecule has 0 bridgehead atoms. The normalized spacial score (nSPS) is 13.3. The Bertz CT molecular complexity index is 838. The van der Waals surface area contributed by atoms with Crippen LogP contribution < -0.4 is 10.4 Å². The zero-order chi connectivity index (χ0) is 15.1. The minimum absolute atomic E-state index is 0.140. The highest BCUT2D eigenvalue weighted by Crippen LogP contribution is 2.27. The van der Waals surface area contributed by atoms with Gasteiger partial charge >= 0.3 is 11.7 Å². The summed E-state index contributed by atoms with van der Waals surface area (Å²) in [7, 11) is -4.08. The van der Waals surface area contributed by atoms with Gasteiger partial charge in [-0.05, 0) is 35.0 Å². The number of aromatic nitrogens is 2. The van der Waals surface area contributed by atoms with Crippen LogP contribution in [-0.2, 0) is 14.8 Å². The van der Waals surface area contributed by atoms with Crippen molar-refractivity contribution in [1.29, 1.82) is 0 Å². The SMILES string of the molecule is CC(C(=O)O)S(=O)(=O)Nc1cc2[nH]c(=O)[nH]c2cc1Br. The van der Waals surface area contributed by atoms with Crippen LogP contribution in [0.2, 0.25) is 0 Å². The van der Waals surface area contributed by atoms with Gasteiger partial charge in [0.1, 0.15) is 0 Å². The third kappa shape index (κ3) is 2.70. The molecule has 1 aromatic heterocycles. The Morgan fingerprint density at radius 3 is 2.45 bits per heavy atom. The smallest absolute Gasteiger partial charge is 0.323 e. The van der Waals surface area contributed by atoms with Crippen molar-refractivity contribution in [3.05, 3.63) is 27.1 Å². The summed E-state index contributed by atoms with van der Waals surface area (Å²) in [4.78, 5) is 26.9. The maximum atomic E-state index is 11.8. The number of hydrogen-bond donors (Lipinski definition) is 4. The fourth-order valence-electron chi connectivity index (χ4n) is 1.51. The minimum Gasteiger partial charge on any atom is -0.480 e. The van der Waals surface area contributed by atoms with E-state index in [0.29, 0.717) is 15.5 Å². The number of anilines is 1. The van der Waals surface area contributed by atoms with Crippen molar-refractivity contribution >= 4 is 48.6 Å². The van der Waals surface area contributed by atoms with Crippen LogP contribution in [0.5, 0.6) is 0 Å². The van der Waals surface area contributed by atoms with Crippen LogP contribution in [0.15, 0.2) is 21.4 Å². The Hall–Kier alpha value is -1.81. The second-order valence-electron chi connectivity index (χ2n) is 4.08. The standard InChI is InChI=1S/C10H10BrN3O5S/c1-4(9(15)16)20(18,19)14-6-3-8-7(2-5(6)11)12-10(17)13-8/h2-4,14H,1H3,(H,15,16)(H2,12,13,17). The molecule has 4 N–H and O–H groups in total. The predicted octanol–water partition coefficient (Wildman–Crippen LogP) is 0.833. The van der Waals surface area contributed by atoms with Gasteiger partial charge in [0.25, 0.3) is 0 Å². The van der Waals surface area contributed by atoms with Crippen LogP contribution in [0, 0.1) is 0 Å². The molecule has 1 unspecified atom stereocenters. The quantitative estimate of drug-likeness (QED) is 0.638. The van der Waals surface area contributed by atoms with E-state index in [1.807, 2.05) is 0 Å². The van der Waals surface area contributed by atoms with E-state index in [-0.39, 0.29) is 5.69 Å². The van der Waals surface area contributed by atoms with Gasteiger partial charge in [-0.25, -0.2) is 13.2 Å². The summed E-state index contributed by atoms with van der Waals surface area (Å²) in [5.74, 6) is -1.45. The number of rotatable bonds is 4. The molecule has 0 fully saturated rings. The number of carbonyl (C=O) groups is 1. The number of nitrogens with one attached hydrogen (secondary N) is 3. The largest absolute Gasteiger partial charge is 0.480 e. The van der Waals surface area contributed by atoms with Crippen molar-refractivity contribution in [3.63, 3.8) is 0 Å². The lowest BCUT2D eigenvalue weighted by atomic mass is 10.3. The highest BCUT2D eigenvalue weighted by atomic mass is 79.9. The molecule has 0 saturated heterocycles. The van der Waals surface area contributed by atoms with E-state index in [2.05, 4.69) is 30.6 Å². The Balaban J connectivity index is 2.46. The number of aliphatic carboxylic acids is 1. The molecule has 0 amide bonds. The third-order valence-electron chi connectivity index (χ3n) is 2.67. The summed E-state index contributed by atoms with van der Waals surface area (Å²) in [6.45, 7) is 1.06. The topological polar surface area (TPSA) is 132 Å². The van der Waals surface area contributed by atoms with Crippen LogP contribution in [0.1, 0.15) is 6.92 Å². The molecule has 0 radical (unpaired) electrons. The van der Waals surface area contributed by atoms with E-state index in [0.717, 1.165) is 6.92 Å². The van der Waals surface area contributed by atoms with Crippen LogP contribution in [0.4, 0.5) is 5.69 Å². The van der Waals surface area contributed by atoms with E-state index in [9.17, 15) is 18.0 Å². The van der Waals surface area contributed by atoms with Crippen molar-refractivity contribution in [3.8, 4) is 0 Å². The van der Waals surface area contributed by atoms with Crippen molar-refractivity contribution < 1.29 is 18.3 Å². The number of carboxylic acid groups (broad SMARTS) is 1. The van der Waals surface area contributed by atoms with Gasteiger partial charge in [-0.3, -0.25) is 9.52 Å². The summed E-state index contributed by atoms with van der Waals surface area (Å²) >= 11 is 3.16. The molecule has 2 aromatic rings. The summed E-state index contributed by atoms with van der Waals surface area (Å²) in [6, 6.07) is 2.90. The number of benzene rings is 1. The van der Waals surface area contributed by atoms with Crippen LogP contribution in [0.3, 0.4) is 0 Å². The molecule has 10 heteroatoms. The average molecular weight is 364 g/mol. The fraction of sp³-hybridized carbons (Fsp3) is 0.200. The fourth-order valence-corrected chi connectivity index (χ4v) is 3.00. The predicted molar refractivity (Wildman–Crippen MR) is 76.3 cm³/mol. The minimum atomic E-state index is -4.08. The van der Waals surface area contributed by atoms with Crippen molar-refractivity contribution in [1.82, 2.24) is 9.97 Å². The lowest BCUT2D eigenvalue weighted by molar-refractivity contribution is -0.136. The van der Waals surface area contributed by atoms with Crippen molar-refractivity contribution in [2.75, 3.05) is 4.72 Å². The van der Waals surface area contributed by atoms with Crippen molar-refractivity contribution in [2.24, 2.45) is 0 Å². The first-order chi connectivity index (χ1) is 9.20. The highest BCUT2D eigenvalue weighted by Gasteiger charge is 2.28. The van der Waals surface area contributed by atoms with Crippen LogP contribution in [0.25, 0.3) is 11.0 Å². The average Bonchev–Trinajstić information content (AvgIpc) is 2.67. The first-order valence-corrected chi connectivity index (χ1v) is 7.70. The number of aromatic amines is 2. The van der Waals surface area contributed by atoms with Crippen molar-refractivity contribution in [2.45, 2.75) is 12.2 Å². The molecule has 2 rings (SSSR count). The van der Waals surface area contributed by atoms with E-state index in [1.54, 1.807) is 0 Å². The molecular formula is C10H10BrN3O5S. The third-order valence-corrected chi connectivity index (χ3v) is 4.96. The maximum absolute atomic E-state index is 11.8. The van der Waals surface area contributed by atoms with Gasteiger partial charge in [0.15, 0.2) is 5.25 Å². The molecule has 0 aliphatic rings. The number of sulfonamides is 1. The molecule has 0 saturated carbocycles. The lowest BCUT2D eigenvalue weighted by Gasteiger charge is -2.12. The Labute approximate surface area is 121 Å². The van der Waals surface area contributed by atoms with Gasteiger partial charge in [0.2, 0.25) is 10.0 Å². The van der Waals surface area contributed by atoms with Gasteiger partial charge in [-0.1, -0.05) is 0 Å². The number of H-pyrrole nitrogens is 2. The molecule has 1 atom stereocenters. The summed E-state index contributed by atoms with van der Waals surface area (Å²) in [5.41, 5.74) is 0.613. The maximum Gasteiger partial charge on any atom is 0.323 e. The zero-order valence-corrected chi connectivity index (χ0v) is 12.5. The van der Waals surface area contributed by atoms with E-state index < -0.39 is 26.9 Å². The number of carboxylic acids is 1. The number of imidazole rings is 1. The zero-order valence-electron chi connectivity index (χ0n) is 10.1. The first kappa shape index (κ1) is 14.6. The molecule has 0 spiro atoms. The number of fused-ring (bicyclic) bond motifs is 1. The van der Waals surface area contributed by atoms with Gasteiger partial charge in [0.05, 0.1) is 16.7 Å². The van der Waals surface area contributed by atoms with Gasteiger partial charge in [0, 0.05) is 4.47 Å². The second kappa shape index (κ2) is 4.94. The molecule has 0 aliphatic heterocycles. The Morgan fingerprint density at radius 1 is 1.35 bits per heavy atom. The van der Waals surface area contributed by atoms with Gasteiger partial charge in [-0.2, -0.15) is 0 Å². The van der Waals surface area contributed by atoms with E-state index >= 15 is 0 Å². The van der Waals surface area contributed by atoms with Gasteiger partial charge < -0.3 is 15.1 Å². The molecule has 1 heterocycles. The van der Waals surface area contributed by atoms with E-state index in [4.69, 9.17) is 5.11 Å². The molecule has 108 valence electrons. The molecule has 0 aliphatic carbocycles. The first-order valence-electron chi connectivity index (χ1n) is 5.36. The van der Waals surface area contributed by atoms with Crippen LogP contribution in [-0.4, -0.2) is 34.7 Å². The number of hydrogen-bond acceptors (Lipinski definition) is 4. The second-order valence-corrected chi connectivity index (χ2v) is 6.94. The highest BCUT2D eigenvalue weighted by molar-refractivity contribution is 9.10. The Morgan fingerprint density at radius 2 is 1.90 bits per heavy atom. The Kier molecular flexibility index (Phi) is 3.61. The molecule has 20 heavy (non-hydrogen) atoms. The lowest BCUT2D eigenvalue weighted by Crippen LogP contribution is -2.32. The molecule has 1 aromatic carbocycles. The molecule has 8 nitrogen and oxygen atoms in total. The van der Waals surface area contributed by atoms with E-state index in [1.165, 1.54) is 12.1 Å². The summed E-state index contributed by atoms with van der Waals surface area (Å²) < 4.78 is 26.2. The summed E-state index contributed by atoms with van der Waals surface area (Å²) in [5, 5.41) is 7.16. The summed E-state index contributed by atoms with van der Waals surface area (Å²) in [6.07, 6.45) is 0.